The van der Waals surface area contributed by atoms with Crippen molar-refractivity contribution in [2.45, 2.75) is 84.2 Å². The number of para-hydroxylation sites is 1. The van der Waals surface area contributed by atoms with E-state index in [9.17, 15) is 14.0 Å². The van der Waals surface area contributed by atoms with Crippen molar-refractivity contribution in [2.75, 3.05) is 6.54 Å². The highest BCUT2D eigenvalue weighted by Crippen LogP contribution is 2.25. The van der Waals surface area contributed by atoms with Crippen LogP contribution in [0.5, 0.6) is 0 Å². The quantitative estimate of drug-likeness (QED) is 0.153. The van der Waals surface area contributed by atoms with Gasteiger partial charge in [0, 0.05) is 31.9 Å². The van der Waals surface area contributed by atoms with Gasteiger partial charge in [-0.25, -0.2) is 14.4 Å². The molecule has 40 heavy (non-hydrogen) atoms. The number of unbranched alkanes of at least 4 members (excludes halogenated alkanes) is 6. The van der Waals surface area contributed by atoms with Gasteiger partial charge in [0.1, 0.15) is 11.6 Å². The molecule has 7 nitrogen and oxygen atoms in total. The first kappa shape index (κ1) is 29.2. The van der Waals surface area contributed by atoms with Crippen LogP contribution < -0.4 is 5.56 Å². The van der Waals surface area contributed by atoms with Crippen LogP contribution in [0.25, 0.3) is 16.6 Å². The molecule has 8 heteroatoms. The molecule has 0 aliphatic carbocycles. The number of aryl methyl sites for hydroxylation is 1. The number of benzene rings is 2. The van der Waals surface area contributed by atoms with Crippen molar-refractivity contribution in [1.82, 2.24) is 24.0 Å². The highest BCUT2D eigenvalue weighted by Gasteiger charge is 2.26. The fourth-order valence-corrected chi connectivity index (χ4v) is 5.16. The summed E-state index contributed by atoms with van der Waals surface area (Å²) in [5, 5.41) is 0.476. The number of hydrogen-bond donors (Lipinski definition) is 0. The van der Waals surface area contributed by atoms with Crippen molar-refractivity contribution < 1.29 is 9.18 Å². The summed E-state index contributed by atoms with van der Waals surface area (Å²) < 4.78 is 17.3. The number of rotatable bonds is 15. The molecule has 1 amide bonds. The summed E-state index contributed by atoms with van der Waals surface area (Å²) >= 11 is 0. The van der Waals surface area contributed by atoms with Gasteiger partial charge in [0.25, 0.3) is 5.56 Å². The lowest BCUT2D eigenvalue weighted by Crippen LogP contribution is -2.38. The Kier molecular flexibility index (Phi) is 10.6. The van der Waals surface area contributed by atoms with Gasteiger partial charge in [-0.3, -0.25) is 14.2 Å². The predicted octanol–water partition coefficient (Wildman–Crippen LogP) is 6.84. The third kappa shape index (κ3) is 7.43. The molecule has 0 radical (unpaired) electrons. The first-order valence-electron chi connectivity index (χ1n) is 14.5. The van der Waals surface area contributed by atoms with E-state index in [1.54, 1.807) is 36.8 Å². The fraction of sp³-hybridized carbons (Fsp3) is 0.438. The molecule has 0 saturated carbocycles. The molecule has 0 N–H and O–H groups in total. The second-order valence-electron chi connectivity index (χ2n) is 10.4. The van der Waals surface area contributed by atoms with Gasteiger partial charge < -0.3 is 9.47 Å². The van der Waals surface area contributed by atoms with Crippen molar-refractivity contribution in [3.05, 3.63) is 89.2 Å². The average molecular weight is 546 g/mol. The lowest BCUT2D eigenvalue weighted by Gasteiger charge is -2.31. The molecule has 2 aromatic carbocycles. The molecule has 0 aliphatic heterocycles. The van der Waals surface area contributed by atoms with E-state index in [-0.39, 0.29) is 17.3 Å². The Bertz CT molecular complexity index is 1420. The second-order valence-corrected chi connectivity index (χ2v) is 10.4. The maximum Gasteiger partial charge on any atom is 0.266 e. The molecule has 4 rings (SSSR count). The van der Waals surface area contributed by atoms with Crippen molar-refractivity contribution in [3.8, 4) is 5.69 Å². The van der Waals surface area contributed by atoms with E-state index in [2.05, 4.69) is 11.9 Å². The molecule has 0 aliphatic rings. The van der Waals surface area contributed by atoms with Crippen LogP contribution in [0.2, 0.25) is 0 Å². The van der Waals surface area contributed by atoms with E-state index in [1.165, 1.54) is 42.4 Å². The minimum absolute atomic E-state index is 0.0553. The van der Waals surface area contributed by atoms with Gasteiger partial charge >= 0.3 is 0 Å². The minimum Gasteiger partial charge on any atom is -0.337 e. The van der Waals surface area contributed by atoms with Crippen LogP contribution in [-0.2, 0) is 11.3 Å². The minimum atomic E-state index is -0.470. The Balaban J connectivity index is 1.62. The molecule has 0 saturated heterocycles. The molecule has 2 aromatic heterocycles. The van der Waals surface area contributed by atoms with E-state index in [4.69, 9.17) is 4.98 Å². The first-order valence-corrected chi connectivity index (χ1v) is 14.5. The SMILES string of the molecule is CCCCCCCCCC(=O)N(CCCn1ccnc1)C(C)c1nc2ccccc2c(=O)n1-c1ccc(F)cc1. The third-order valence-corrected chi connectivity index (χ3v) is 7.42. The molecular weight excluding hydrogens is 505 g/mol. The Morgan fingerprint density at radius 3 is 2.42 bits per heavy atom. The van der Waals surface area contributed by atoms with Gasteiger partial charge in [0.15, 0.2) is 0 Å². The Morgan fingerprint density at radius 2 is 1.70 bits per heavy atom. The molecule has 212 valence electrons. The summed E-state index contributed by atoms with van der Waals surface area (Å²) in [5.74, 6) is 0.136. The highest BCUT2D eigenvalue weighted by atomic mass is 19.1. The summed E-state index contributed by atoms with van der Waals surface area (Å²) in [6, 6.07) is 12.6. The standard InChI is InChI=1S/C32H40FN5O2/c1-3-4-5-6-7-8-9-15-30(39)37(22-12-21-36-23-20-34-24-36)25(2)31-35-29-14-11-10-13-28(29)32(40)38(31)27-18-16-26(33)17-19-27/h10-11,13-14,16-20,23-25H,3-9,12,15,21-22H2,1-2H3. The Hall–Kier alpha value is -3.81. The fourth-order valence-electron chi connectivity index (χ4n) is 5.16. The van der Waals surface area contributed by atoms with E-state index in [0.717, 1.165) is 32.2 Å². The maximum atomic E-state index is 13.8. The second kappa shape index (κ2) is 14.5. The van der Waals surface area contributed by atoms with Gasteiger partial charge in [0.2, 0.25) is 5.91 Å². The summed E-state index contributed by atoms with van der Waals surface area (Å²) in [5.41, 5.74) is 0.854. The zero-order chi connectivity index (χ0) is 28.3. The van der Waals surface area contributed by atoms with E-state index >= 15 is 0 Å². The van der Waals surface area contributed by atoms with Crippen molar-refractivity contribution >= 4 is 16.8 Å². The number of carbonyl (C=O) groups excluding carboxylic acids is 1. The molecule has 1 unspecified atom stereocenters. The molecule has 0 fully saturated rings. The number of carbonyl (C=O) groups is 1. The van der Waals surface area contributed by atoms with Crippen LogP contribution in [0.4, 0.5) is 4.39 Å². The Labute approximate surface area is 235 Å². The topological polar surface area (TPSA) is 73.0 Å². The van der Waals surface area contributed by atoms with Crippen molar-refractivity contribution in [1.29, 1.82) is 0 Å². The van der Waals surface area contributed by atoms with Crippen molar-refractivity contribution in [2.24, 2.45) is 0 Å². The number of hydrogen-bond acceptors (Lipinski definition) is 4. The lowest BCUT2D eigenvalue weighted by atomic mass is 10.1. The monoisotopic (exact) mass is 545 g/mol. The van der Waals surface area contributed by atoms with Crippen LogP contribution in [-0.4, -0.2) is 36.5 Å². The zero-order valence-corrected chi connectivity index (χ0v) is 23.6. The normalized spacial score (nSPS) is 12.1. The van der Waals surface area contributed by atoms with E-state index in [0.29, 0.717) is 35.4 Å². The van der Waals surface area contributed by atoms with Crippen LogP contribution in [0.1, 0.15) is 83.5 Å². The lowest BCUT2D eigenvalue weighted by molar-refractivity contribution is -0.133. The van der Waals surface area contributed by atoms with Gasteiger partial charge in [0.05, 0.1) is 29.0 Å². The van der Waals surface area contributed by atoms with Crippen molar-refractivity contribution in [3.63, 3.8) is 0 Å². The molecule has 1 atom stereocenters. The molecule has 2 heterocycles. The summed E-state index contributed by atoms with van der Waals surface area (Å²) in [7, 11) is 0. The van der Waals surface area contributed by atoms with Gasteiger partial charge in [-0.2, -0.15) is 0 Å². The van der Waals surface area contributed by atoms with E-state index in [1.807, 2.05) is 34.7 Å². The molecule has 4 aromatic rings. The number of amides is 1. The number of imidazole rings is 1. The smallest absolute Gasteiger partial charge is 0.266 e. The van der Waals surface area contributed by atoms with Gasteiger partial charge in [-0.15, -0.1) is 0 Å². The number of nitrogens with zero attached hydrogens (tertiary/aromatic N) is 5. The summed E-state index contributed by atoms with van der Waals surface area (Å²) in [6.07, 6.45) is 14.5. The van der Waals surface area contributed by atoms with Gasteiger partial charge in [-0.05, 0) is 56.2 Å². The summed E-state index contributed by atoms with van der Waals surface area (Å²) in [4.78, 5) is 38.3. The largest absolute Gasteiger partial charge is 0.337 e. The van der Waals surface area contributed by atoms with Crippen LogP contribution in [0.15, 0.2) is 72.0 Å². The number of aromatic nitrogens is 4. The average Bonchev–Trinajstić information content (AvgIpc) is 3.49. The van der Waals surface area contributed by atoms with Crippen LogP contribution in [0.3, 0.4) is 0 Å². The maximum absolute atomic E-state index is 13.8. The van der Waals surface area contributed by atoms with Crippen LogP contribution >= 0.6 is 0 Å². The summed E-state index contributed by atoms with van der Waals surface area (Å²) in [6.45, 7) is 5.38. The predicted molar refractivity (Wildman–Crippen MR) is 157 cm³/mol. The third-order valence-electron chi connectivity index (χ3n) is 7.42. The first-order chi connectivity index (χ1) is 19.5. The molecule has 0 bridgehead atoms. The molecular formula is C32H40FN5O2. The van der Waals surface area contributed by atoms with Gasteiger partial charge in [-0.1, -0.05) is 57.6 Å². The number of fused-ring (bicyclic) bond motifs is 1. The number of halogens is 1. The van der Waals surface area contributed by atoms with Crippen LogP contribution in [0, 0.1) is 5.82 Å². The zero-order valence-electron chi connectivity index (χ0n) is 23.6. The highest BCUT2D eigenvalue weighted by molar-refractivity contribution is 5.79. The Morgan fingerprint density at radius 1 is 0.975 bits per heavy atom. The van der Waals surface area contributed by atoms with E-state index < -0.39 is 6.04 Å². The molecule has 0 spiro atoms.